The third-order valence-corrected chi connectivity index (χ3v) is 4.32. The molecule has 1 heterocycles. The van der Waals surface area contributed by atoms with Crippen molar-refractivity contribution in [2.45, 2.75) is 44.8 Å². The van der Waals surface area contributed by atoms with Crippen LogP contribution in [0, 0.1) is 0 Å². The number of halogens is 1. The van der Waals surface area contributed by atoms with Crippen LogP contribution >= 0.6 is 15.9 Å². The summed E-state index contributed by atoms with van der Waals surface area (Å²) in [7, 11) is 2.24. The van der Waals surface area contributed by atoms with Gasteiger partial charge in [-0.2, -0.15) is 0 Å². The first-order valence-corrected chi connectivity index (χ1v) is 7.45. The molecule has 0 radical (unpaired) electrons. The molecule has 1 N–H and O–H groups in total. The van der Waals surface area contributed by atoms with Crippen molar-refractivity contribution in [1.82, 2.24) is 10.2 Å². The van der Waals surface area contributed by atoms with E-state index < -0.39 is 0 Å². The van der Waals surface area contributed by atoms with Crippen LogP contribution in [0.25, 0.3) is 0 Å². The van der Waals surface area contributed by atoms with Crippen LogP contribution in [0.3, 0.4) is 0 Å². The van der Waals surface area contributed by atoms with E-state index in [1.165, 1.54) is 18.4 Å². The summed E-state index contributed by atoms with van der Waals surface area (Å²) in [5.74, 6) is 0. The molecule has 0 amide bonds. The lowest BCUT2D eigenvalue weighted by atomic mass is 9.88. The quantitative estimate of drug-likeness (QED) is 0.920. The molecule has 1 aromatic rings. The van der Waals surface area contributed by atoms with Gasteiger partial charge in [0.25, 0.3) is 0 Å². The van der Waals surface area contributed by atoms with Crippen molar-refractivity contribution in [1.29, 1.82) is 0 Å². The molecular formula is C15H23BrN2. The summed E-state index contributed by atoms with van der Waals surface area (Å²) in [6.07, 6.45) is 2.47. The van der Waals surface area contributed by atoms with Gasteiger partial charge >= 0.3 is 0 Å². The Morgan fingerprint density at radius 1 is 1.33 bits per heavy atom. The van der Waals surface area contributed by atoms with E-state index >= 15 is 0 Å². The molecule has 0 aliphatic carbocycles. The predicted octanol–water partition coefficient (Wildman–Crippen LogP) is 3.41. The lowest BCUT2D eigenvalue weighted by Crippen LogP contribution is -2.52. The van der Waals surface area contributed by atoms with Crippen LogP contribution in [0.15, 0.2) is 28.7 Å². The van der Waals surface area contributed by atoms with Crippen LogP contribution in [-0.4, -0.2) is 30.1 Å². The maximum atomic E-state index is 3.58. The Kier molecular flexibility index (Phi) is 4.46. The molecule has 1 aromatic carbocycles. The summed E-state index contributed by atoms with van der Waals surface area (Å²) in [5.41, 5.74) is 1.66. The molecule has 1 atom stereocenters. The van der Waals surface area contributed by atoms with Gasteiger partial charge in [-0.15, -0.1) is 0 Å². The van der Waals surface area contributed by atoms with Gasteiger partial charge in [0.2, 0.25) is 0 Å². The van der Waals surface area contributed by atoms with E-state index in [1.54, 1.807) is 0 Å². The number of hydrogen-bond donors (Lipinski definition) is 1. The largest absolute Gasteiger partial charge is 0.312 e. The van der Waals surface area contributed by atoms with Gasteiger partial charge in [0.15, 0.2) is 0 Å². The fourth-order valence-electron chi connectivity index (χ4n) is 2.72. The zero-order chi connectivity index (χ0) is 13.2. The summed E-state index contributed by atoms with van der Waals surface area (Å²) >= 11 is 3.48. The Hall–Kier alpha value is -0.380. The number of hydrogen-bond acceptors (Lipinski definition) is 2. The minimum absolute atomic E-state index is 0.275. The van der Waals surface area contributed by atoms with Crippen molar-refractivity contribution in [2.24, 2.45) is 0 Å². The Bertz CT molecular complexity index is 386. The Morgan fingerprint density at radius 2 is 2.00 bits per heavy atom. The van der Waals surface area contributed by atoms with Gasteiger partial charge in [-0.05, 0) is 58.0 Å². The van der Waals surface area contributed by atoms with Gasteiger partial charge in [0.1, 0.15) is 0 Å². The molecule has 1 unspecified atom stereocenters. The van der Waals surface area contributed by atoms with Crippen LogP contribution in [0.1, 0.15) is 32.3 Å². The summed E-state index contributed by atoms with van der Waals surface area (Å²) in [5, 5.41) is 3.58. The van der Waals surface area contributed by atoms with E-state index in [4.69, 9.17) is 0 Å². The van der Waals surface area contributed by atoms with E-state index in [0.717, 1.165) is 17.6 Å². The van der Waals surface area contributed by atoms with Crippen LogP contribution in [0.5, 0.6) is 0 Å². The minimum atomic E-state index is 0.275. The number of rotatable bonds is 3. The second kappa shape index (κ2) is 5.72. The molecule has 1 saturated heterocycles. The molecule has 1 fully saturated rings. The molecule has 100 valence electrons. The third kappa shape index (κ3) is 3.81. The molecule has 0 aromatic heterocycles. The van der Waals surface area contributed by atoms with Gasteiger partial charge in [0, 0.05) is 22.6 Å². The van der Waals surface area contributed by atoms with Crippen molar-refractivity contribution in [3.63, 3.8) is 0 Å². The average Bonchev–Trinajstić information content (AvgIpc) is 2.31. The van der Waals surface area contributed by atoms with E-state index in [0.29, 0.717) is 6.04 Å². The van der Waals surface area contributed by atoms with Gasteiger partial charge in [-0.25, -0.2) is 0 Å². The fraction of sp³-hybridized carbons (Fsp3) is 0.600. The van der Waals surface area contributed by atoms with Crippen LogP contribution in [0.4, 0.5) is 0 Å². The topological polar surface area (TPSA) is 15.3 Å². The molecular weight excluding hydrogens is 288 g/mol. The van der Waals surface area contributed by atoms with Gasteiger partial charge in [-0.1, -0.05) is 28.1 Å². The Morgan fingerprint density at radius 3 is 2.61 bits per heavy atom. The Labute approximate surface area is 119 Å². The zero-order valence-corrected chi connectivity index (χ0v) is 13.1. The highest BCUT2D eigenvalue weighted by Crippen LogP contribution is 2.23. The molecule has 1 aliphatic rings. The smallest absolute Gasteiger partial charge is 0.0233 e. The molecule has 0 bridgehead atoms. The monoisotopic (exact) mass is 310 g/mol. The fourth-order valence-corrected chi connectivity index (χ4v) is 2.99. The van der Waals surface area contributed by atoms with E-state index in [1.807, 2.05) is 0 Å². The maximum Gasteiger partial charge on any atom is 0.0233 e. The molecule has 0 spiro atoms. The second-order valence-corrected chi connectivity index (χ2v) is 6.91. The average molecular weight is 311 g/mol. The Balaban J connectivity index is 1.95. The van der Waals surface area contributed by atoms with E-state index in [9.17, 15) is 0 Å². The van der Waals surface area contributed by atoms with Crippen molar-refractivity contribution in [3.8, 4) is 0 Å². The van der Waals surface area contributed by atoms with E-state index in [2.05, 4.69) is 71.3 Å². The molecule has 18 heavy (non-hydrogen) atoms. The first kappa shape index (κ1) is 14.0. The highest BCUT2D eigenvalue weighted by Gasteiger charge is 2.29. The highest BCUT2D eigenvalue weighted by molar-refractivity contribution is 9.10. The number of piperidine rings is 1. The van der Waals surface area contributed by atoms with Crippen molar-refractivity contribution in [3.05, 3.63) is 34.3 Å². The summed E-state index contributed by atoms with van der Waals surface area (Å²) in [6, 6.07) is 9.33. The normalized spacial score (nSPS) is 23.3. The van der Waals surface area contributed by atoms with Crippen molar-refractivity contribution in [2.75, 3.05) is 13.6 Å². The van der Waals surface area contributed by atoms with E-state index in [-0.39, 0.29) is 5.54 Å². The molecule has 2 rings (SSSR count). The van der Waals surface area contributed by atoms with Gasteiger partial charge in [0.05, 0.1) is 0 Å². The summed E-state index contributed by atoms with van der Waals surface area (Å²) < 4.78 is 1.15. The molecule has 1 aliphatic heterocycles. The van der Waals surface area contributed by atoms with Gasteiger partial charge in [-0.3, -0.25) is 4.90 Å². The molecule has 0 saturated carbocycles. The third-order valence-electron chi connectivity index (χ3n) is 3.80. The van der Waals surface area contributed by atoms with Crippen molar-refractivity contribution >= 4 is 15.9 Å². The first-order chi connectivity index (χ1) is 8.46. The number of nitrogens with zero attached hydrogens (tertiary/aromatic N) is 1. The first-order valence-electron chi connectivity index (χ1n) is 6.66. The zero-order valence-electron chi connectivity index (χ0n) is 11.5. The summed E-state index contributed by atoms with van der Waals surface area (Å²) in [4.78, 5) is 2.49. The lowest BCUT2D eigenvalue weighted by molar-refractivity contribution is 0.138. The number of nitrogens with one attached hydrogen (secondary N) is 1. The van der Waals surface area contributed by atoms with Crippen LogP contribution in [-0.2, 0) is 6.54 Å². The van der Waals surface area contributed by atoms with Crippen LogP contribution < -0.4 is 5.32 Å². The second-order valence-electron chi connectivity index (χ2n) is 6.00. The maximum absolute atomic E-state index is 3.58. The van der Waals surface area contributed by atoms with Gasteiger partial charge < -0.3 is 5.32 Å². The summed E-state index contributed by atoms with van der Waals surface area (Å²) in [6.45, 7) is 6.76. The SMILES string of the molecule is CN(Cc1ccc(Br)cc1)C1CCNC(C)(C)C1. The van der Waals surface area contributed by atoms with Crippen molar-refractivity contribution < 1.29 is 0 Å². The standard InChI is InChI=1S/C15H23BrN2/c1-15(2)10-14(8-9-17-15)18(3)11-12-4-6-13(16)7-5-12/h4-7,14,17H,8-11H2,1-3H3. The predicted molar refractivity (Wildman–Crippen MR) is 80.7 cm³/mol. The molecule has 3 heteroatoms. The van der Waals surface area contributed by atoms with Crippen LogP contribution in [0.2, 0.25) is 0 Å². The lowest BCUT2D eigenvalue weighted by Gasteiger charge is -2.40. The highest BCUT2D eigenvalue weighted by atomic mass is 79.9. The molecule has 2 nitrogen and oxygen atoms in total. The minimum Gasteiger partial charge on any atom is -0.312 e. The number of benzene rings is 1.